The fraction of sp³-hybridized carbons (Fsp3) is 0.0952. The number of amides is 1. The van der Waals surface area contributed by atoms with Gasteiger partial charge in [-0.25, -0.2) is 12.8 Å². The van der Waals surface area contributed by atoms with Gasteiger partial charge in [0.25, 0.3) is 10.0 Å². The van der Waals surface area contributed by atoms with Crippen molar-refractivity contribution in [3.63, 3.8) is 0 Å². The number of nitrogens with one attached hydrogen (secondary N) is 1. The fourth-order valence-corrected chi connectivity index (χ4v) is 5.14. The summed E-state index contributed by atoms with van der Waals surface area (Å²) in [5.41, 5.74) is 2.36. The first kappa shape index (κ1) is 19.4. The molecule has 0 aliphatic carbocycles. The third-order valence-electron chi connectivity index (χ3n) is 4.73. The van der Waals surface area contributed by atoms with E-state index in [1.807, 2.05) is 0 Å². The molecule has 0 bridgehead atoms. The molecule has 0 radical (unpaired) electrons. The minimum Gasteiger partial charge on any atom is -0.324 e. The lowest BCUT2D eigenvalue weighted by Gasteiger charge is -2.31. The topological polar surface area (TPSA) is 66.5 Å². The quantitative estimate of drug-likeness (QED) is 0.660. The van der Waals surface area contributed by atoms with E-state index in [0.29, 0.717) is 21.8 Å². The third kappa shape index (κ3) is 3.47. The van der Waals surface area contributed by atoms with Gasteiger partial charge in [0.2, 0.25) is 5.91 Å². The molecule has 3 aromatic rings. The second-order valence-electron chi connectivity index (χ2n) is 6.68. The average Bonchev–Trinajstić information content (AvgIpc) is 2.68. The van der Waals surface area contributed by atoms with Crippen molar-refractivity contribution in [2.75, 3.05) is 16.2 Å². The highest BCUT2D eigenvalue weighted by Gasteiger charge is 2.36. The van der Waals surface area contributed by atoms with Crippen LogP contribution in [0.2, 0.25) is 5.02 Å². The largest absolute Gasteiger partial charge is 0.324 e. The number of carbonyl (C=O) groups is 1. The SMILES string of the molecule is Cc1ccc(Cl)cc1NC(=O)CN1c2ccc(F)cc2-c2ccccc2S1(=O)=O. The Bertz CT molecular complexity index is 1240. The van der Waals surface area contributed by atoms with Gasteiger partial charge < -0.3 is 5.32 Å². The predicted molar refractivity (Wildman–Crippen MR) is 111 cm³/mol. The van der Waals surface area contributed by atoms with Gasteiger partial charge in [-0.05, 0) is 48.9 Å². The van der Waals surface area contributed by atoms with Crippen molar-refractivity contribution in [2.45, 2.75) is 11.8 Å². The van der Waals surface area contributed by atoms with Gasteiger partial charge in [0.15, 0.2) is 0 Å². The van der Waals surface area contributed by atoms with Crippen LogP contribution in [0.3, 0.4) is 0 Å². The Hall–Kier alpha value is -2.90. The van der Waals surface area contributed by atoms with Gasteiger partial charge in [-0.1, -0.05) is 35.9 Å². The zero-order valence-electron chi connectivity index (χ0n) is 15.3. The Balaban J connectivity index is 1.74. The summed E-state index contributed by atoms with van der Waals surface area (Å²) in [7, 11) is -3.99. The Morgan fingerprint density at radius 3 is 2.62 bits per heavy atom. The molecule has 3 aromatic carbocycles. The van der Waals surface area contributed by atoms with Crippen molar-refractivity contribution in [1.82, 2.24) is 0 Å². The summed E-state index contributed by atoms with van der Waals surface area (Å²) < 4.78 is 41.3. The maximum atomic E-state index is 13.9. The predicted octanol–water partition coefficient (Wildman–Crippen LogP) is 4.60. The molecule has 1 aliphatic rings. The molecule has 5 nitrogen and oxygen atoms in total. The molecule has 0 aromatic heterocycles. The minimum absolute atomic E-state index is 0.0323. The third-order valence-corrected chi connectivity index (χ3v) is 6.79. The average molecular weight is 431 g/mol. The normalized spacial score (nSPS) is 14.1. The number of fused-ring (bicyclic) bond motifs is 3. The van der Waals surface area contributed by atoms with Crippen molar-refractivity contribution < 1.29 is 17.6 Å². The number of hydrogen-bond donors (Lipinski definition) is 1. The van der Waals surface area contributed by atoms with E-state index < -0.39 is 28.3 Å². The van der Waals surface area contributed by atoms with E-state index in [4.69, 9.17) is 11.6 Å². The second kappa shape index (κ2) is 7.17. The van der Waals surface area contributed by atoms with E-state index in [9.17, 15) is 17.6 Å². The number of anilines is 2. The van der Waals surface area contributed by atoms with Gasteiger partial charge in [-0.3, -0.25) is 9.10 Å². The van der Waals surface area contributed by atoms with Gasteiger partial charge in [-0.2, -0.15) is 0 Å². The monoisotopic (exact) mass is 430 g/mol. The van der Waals surface area contributed by atoms with Gasteiger partial charge >= 0.3 is 0 Å². The van der Waals surface area contributed by atoms with Crippen LogP contribution >= 0.6 is 11.6 Å². The molecule has 1 aliphatic heterocycles. The van der Waals surface area contributed by atoms with E-state index >= 15 is 0 Å². The molecule has 1 heterocycles. The Kier molecular flexibility index (Phi) is 4.80. The molecule has 0 fully saturated rings. The number of halogens is 2. The Morgan fingerprint density at radius 2 is 1.83 bits per heavy atom. The van der Waals surface area contributed by atoms with Crippen LogP contribution in [0.1, 0.15) is 5.56 Å². The lowest BCUT2D eigenvalue weighted by atomic mass is 10.0. The first-order chi connectivity index (χ1) is 13.8. The van der Waals surface area contributed by atoms with Gasteiger partial charge in [-0.15, -0.1) is 0 Å². The summed E-state index contributed by atoms with van der Waals surface area (Å²) in [5, 5.41) is 3.15. The molecule has 29 heavy (non-hydrogen) atoms. The maximum absolute atomic E-state index is 13.9. The standard InChI is InChI=1S/C21H16ClFN2O3S/c1-13-6-7-14(22)10-18(13)24-21(26)12-25-19-9-8-15(23)11-17(19)16-4-2-3-5-20(16)29(25,27)28/h2-11H,12H2,1H3,(H,24,26). The summed E-state index contributed by atoms with van der Waals surface area (Å²) in [6, 6.07) is 15.2. The van der Waals surface area contributed by atoms with Crippen LogP contribution < -0.4 is 9.62 Å². The highest BCUT2D eigenvalue weighted by atomic mass is 35.5. The highest BCUT2D eigenvalue weighted by Crippen LogP contribution is 2.43. The number of aryl methyl sites for hydroxylation is 1. The number of nitrogens with zero attached hydrogens (tertiary/aromatic N) is 1. The summed E-state index contributed by atoms with van der Waals surface area (Å²) in [6.07, 6.45) is 0. The van der Waals surface area contributed by atoms with E-state index in [-0.39, 0.29) is 10.6 Å². The van der Waals surface area contributed by atoms with Crippen LogP contribution in [0.5, 0.6) is 0 Å². The first-order valence-electron chi connectivity index (χ1n) is 8.75. The van der Waals surface area contributed by atoms with E-state index in [1.54, 1.807) is 43.3 Å². The lowest BCUT2D eigenvalue weighted by molar-refractivity contribution is -0.114. The van der Waals surface area contributed by atoms with Gasteiger partial charge in [0.1, 0.15) is 12.4 Å². The number of carbonyl (C=O) groups excluding carboxylic acids is 1. The molecular weight excluding hydrogens is 415 g/mol. The van der Waals surface area contributed by atoms with Crippen molar-refractivity contribution in [2.24, 2.45) is 0 Å². The molecule has 1 amide bonds. The molecule has 148 valence electrons. The smallest absolute Gasteiger partial charge is 0.265 e. The molecular formula is C21H16ClFN2O3S. The molecule has 8 heteroatoms. The van der Waals surface area contributed by atoms with E-state index in [0.717, 1.165) is 9.87 Å². The maximum Gasteiger partial charge on any atom is 0.265 e. The number of sulfonamides is 1. The summed E-state index contributed by atoms with van der Waals surface area (Å²) in [6.45, 7) is 1.35. The summed E-state index contributed by atoms with van der Waals surface area (Å²) in [4.78, 5) is 12.7. The van der Waals surface area contributed by atoms with Gasteiger partial charge in [0, 0.05) is 21.8 Å². The lowest BCUT2D eigenvalue weighted by Crippen LogP contribution is -2.40. The number of benzene rings is 3. The summed E-state index contributed by atoms with van der Waals surface area (Å²) >= 11 is 5.98. The highest BCUT2D eigenvalue weighted by molar-refractivity contribution is 7.93. The molecule has 0 spiro atoms. The van der Waals surface area contributed by atoms with E-state index in [1.165, 1.54) is 24.3 Å². The van der Waals surface area contributed by atoms with Crippen LogP contribution in [-0.4, -0.2) is 20.9 Å². The van der Waals surface area contributed by atoms with Crippen molar-refractivity contribution in [3.05, 3.63) is 77.1 Å². The van der Waals surface area contributed by atoms with E-state index in [2.05, 4.69) is 5.32 Å². The van der Waals surface area contributed by atoms with Crippen molar-refractivity contribution in [3.8, 4) is 11.1 Å². The zero-order chi connectivity index (χ0) is 20.8. The van der Waals surface area contributed by atoms with Crippen molar-refractivity contribution in [1.29, 1.82) is 0 Å². The fourth-order valence-electron chi connectivity index (χ4n) is 3.32. The molecule has 0 saturated heterocycles. The van der Waals surface area contributed by atoms with Crippen molar-refractivity contribution >= 4 is 38.9 Å². The summed E-state index contributed by atoms with van der Waals surface area (Å²) in [5.74, 6) is -1.02. The molecule has 0 atom stereocenters. The Morgan fingerprint density at radius 1 is 1.07 bits per heavy atom. The number of rotatable bonds is 3. The first-order valence-corrected chi connectivity index (χ1v) is 10.6. The van der Waals surface area contributed by atoms with Gasteiger partial charge in [0.05, 0.1) is 10.6 Å². The van der Waals surface area contributed by atoms with Crippen LogP contribution in [0.15, 0.2) is 65.6 Å². The minimum atomic E-state index is -3.99. The van der Waals surface area contributed by atoms with Crippen LogP contribution in [0.25, 0.3) is 11.1 Å². The molecule has 1 N–H and O–H groups in total. The zero-order valence-corrected chi connectivity index (χ0v) is 16.9. The second-order valence-corrected chi connectivity index (χ2v) is 8.94. The molecule has 0 saturated carbocycles. The number of hydrogen-bond acceptors (Lipinski definition) is 3. The van der Waals surface area contributed by atoms with Crippen LogP contribution in [-0.2, 0) is 14.8 Å². The van der Waals surface area contributed by atoms with Crippen LogP contribution in [0, 0.1) is 12.7 Å². The molecule has 0 unspecified atom stereocenters. The molecule has 4 rings (SSSR count). The van der Waals surface area contributed by atoms with Crippen LogP contribution in [0.4, 0.5) is 15.8 Å². The Labute approximate surface area is 172 Å².